The topological polar surface area (TPSA) is 30.9 Å². The first kappa shape index (κ1) is 17.6. The van der Waals surface area contributed by atoms with E-state index in [0.29, 0.717) is 22.4 Å². The second-order valence-electron chi connectivity index (χ2n) is 4.89. The molecule has 0 saturated carbocycles. The molecule has 2 aromatic rings. The summed E-state index contributed by atoms with van der Waals surface area (Å²) in [5.41, 5.74) is 1.50. The highest BCUT2D eigenvalue weighted by Crippen LogP contribution is 2.31. The van der Waals surface area contributed by atoms with Crippen LogP contribution < -0.4 is 14.2 Å². The number of nitrogens with zero attached hydrogens (tertiary/aromatic N) is 1. The molecular formula is C17H19BrFNO3. The molecule has 23 heavy (non-hydrogen) atoms. The molecule has 0 aromatic heterocycles. The van der Waals surface area contributed by atoms with Crippen molar-refractivity contribution >= 4 is 15.9 Å². The van der Waals surface area contributed by atoms with Crippen LogP contribution in [-0.4, -0.2) is 26.5 Å². The van der Waals surface area contributed by atoms with Gasteiger partial charge >= 0.3 is 0 Å². The first-order valence-electron chi connectivity index (χ1n) is 7.02. The molecule has 0 radical (unpaired) electrons. The number of rotatable bonds is 7. The molecule has 0 amide bonds. The lowest BCUT2D eigenvalue weighted by atomic mass is 10.1. The molecule has 0 aliphatic heterocycles. The third-order valence-electron chi connectivity index (χ3n) is 3.43. The predicted molar refractivity (Wildman–Crippen MR) is 90.6 cm³/mol. The average Bonchev–Trinajstić information content (AvgIpc) is 2.55. The number of methoxy groups -OCH3 is 3. The minimum atomic E-state index is 0.100. The van der Waals surface area contributed by atoms with Gasteiger partial charge in [0.25, 0.3) is 0 Å². The maximum atomic E-state index is 14.4. The van der Waals surface area contributed by atoms with Crippen LogP contribution in [0.2, 0.25) is 0 Å². The van der Waals surface area contributed by atoms with Crippen molar-refractivity contribution in [3.63, 3.8) is 0 Å². The largest absolute Gasteiger partial charge is 0.497 e. The number of halogens is 2. The van der Waals surface area contributed by atoms with E-state index in [2.05, 4.69) is 15.9 Å². The van der Waals surface area contributed by atoms with Crippen LogP contribution in [0.5, 0.6) is 17.2 Å². The summed E-state index contributed by atoms with van der Waals surface area (Å²) in [5, 5.41) is 0.717. The monoisotopic (exact) mass is 383 g/mol. The molecule has 124 valence electrons. The Bertz CT molecular complexity index is 666. The fourth-order valence-electron chi connectivity index (χ4n) is 2.31. The minimum absolute atomic E-state index is 0.100. The first-order valence-corrected chi connectivity index (χ1v) is 7.81. The average molecular weight is 384 g/mol. The van der Waals surface area contributed by atoms with Crippen molar-refractivity contribution in [1.82, 2.24) is 5.12 Å². The molecule has 0 fully saturated rings. The number of ether oxygens (including phenoxy) is 3. The Morgan fingerprint density at radius 1 is 0.957 bits per heavy atom. The van der Waals surface area contributed by atoms with Gasteiger partial charge in [0, 0.05) is 17.2 Å². The summed E-state index contributed by atoms with van der Waals surface area (Å²) >= 11 is 3.40. The van der Waals surface area contributed by atoms with Gasteiger partial charge in [-0.2, -0.15) is 0 Å². The van der Waals surface area contributed by atoms with Crippen LogP contribution in [-0.2, 0) is 13.1 Å². The second kappa shape index (κ2) is 8.17. The van der Waals surface area contributed by atoms with E-state index in [-0.39, 0.29) is 13.1 Å². The zero-order valence-corrected chi connectivity index (χ0v) is 14.9. The zero-order valence-electron chi connectivity index (χ0n) is 13.3. The van der Waals surface area contributed by atoms with Gasteiger partial charge in [-0.1, -0.05) is 18.2 Å². The SMILES string of the molecule is COc1ccc(CN(F)Cc2cccc(Br)c2OC)c(OC)c1. The molecule has 0 N–H and O–H groups in total. The zero-order chi connectivity index (χ0) is 16.8. The van der Waals surface area contributed by atoms with E-state index in [0.717, 1.165) is 15.6 Å². The van der Waals surface area contributed by atoms with Crippen molar-refractivity contribution in [2.24, 2.45) is 0 Å². The molecule has 0 heterocycles. The number of para-hydroxylation sites is 1. The molecule has 2 rings (SSSR count). The van der Waals surface area contributed by atoms with Gasteiger partial charge in [-0.3, -0.25) is 0 Å². The quantitative estimate of drug-likeness (QED) is 0.664. The smallest absolute Gasteiger partial charge is 0.137 e. The van der Waals surface area contributed by atoms with E-state index >= 15 is 0 Å². The molecule has 4 nitrogen and oxygen atoms in total. The molecule has 0 atom stereocenters. The highest BCUT2D eigenvalue weighted by atomic mass is 79.9. The van der Waals surface area contributed by atoms with Crippen LogP contribution in [0.1, 0.15) is 11.1 Å². The van der Waals surface area contributed by atoms with E-state index in [9.17, 15) is 4.48 Å². The van der Waals surface area contributed by atoms with Crippen molar-refractivity contribution in [3.8, 4) is 17.2 Å². The van der Waals surface area contributed by atoms with Crippen LogP contribution >= 0.6 is 15.9 Å². The van der Waals surface area contributed by atoms with Gasteiger partial charge in [0.05, 0.1) is 38.9 Å². The number of hydrogen-bond acceptors (Lipinski definition) is 4. The molecule has 6 heteroatoms. The Hall–Kier alpha value is -1.79. The maximum Gasteiger partial charge on any atom is 0.137 e. The summed E-state index contributed by atoms with van der Waals surface area (Å²) in [6.07, 6.45) is 0. The van der Waals surface area contributed by atoms with Crippen molar-refractivity contribution in [2.45, 2.75) is 13.1 Å². The lowest BCUT2D eigenvalue weighted by molar-refractivity contribution is 0.00479. The fraction of sp³-hybridized carbons (Fsp3) is 0.294. The maximum absolute atomic E-state index is 14.4. The van der Waals surface area contributed by atoms with E-state index in [1.54, 1.807) is 39.5 Å². The Balaban J connectivity index is 2.14. The molecule has 0 spiro atoms. The van der Waals surface area contributed by atoms with Gasteiger partial charge in [0.15, 0.2) is 0 Å². The third kappa shape index (κ3) is 4.36. The molecule has 0 bridgehead atoms. The van der Waals surface area contributed by atoms with Gasteiger partial charge < -0.3 is 14.2 Å². The molecule has 0 aliphatic carbocycles. The van der Waals surface area contributed by atoms with Crippen molar-refractivity contribution in [2.75, 3.05) is 21.3 Å². The van der Waals surface area contributed by atoms with Gasteiger partial charge in [0.1, 0.15) is 17.2 Å². The third-order valence-corrected chi connectivity index (χ3v) is 4.06. The number of benzene rings is 2. The van der Waals surface area contributed by atoms with Crippen LogP contribution in [0.25, 0.3) is 0 Å². The van der Waals surface area contributed by atoms with Crippen LogP contribution in [0.4, 0.5) is 4.48 Å². The summed E-state index contributed by atoms with van der Waals surface area (Å²) in [4.78, 5) is 0. The fourth-order valence-corrected chi connectivity index (χ4v) is 2.88. The highest BCUT2D eigenvalue weighted by Gasteiger charge is 2.14. The van der Waals surface area contributed by atoms with Crippen molar-refractivity contribution < 1.29 is 18.7 Å². The number of hydrogen-bond donors (Lipinski definition) is 0. The summed E-state index contributed by atoms with van der Waals surface area (Å²) in [5.74, 6) is 1.90. The van der Waals surface area contributed by atoms with Gasteiger partial charge in [-0.15, -0.1) is 9.60 Å². The Kier molecular flexibility index (Phi) is 6.24. The lowest BCUT2D eigenvalue weighted by Gasteiger charge is -2.17. The first-order chi connectivity index (χ1) is 11.1. The predicted octanol–water partition coefficient (Wildman–Crippen LogP) is 4.36. The van der Waals surface area contributed by atoms with Crippen LogP contribution in [0.15, 0.2) is 40.9 Å². The van der Waals surface area contributed by atoms with Crippen LogP contribution in [0.3, 0.4) is 0 Å². The van der Waals surface area contributed by atoms with Gasteiger partial charge in [0.2, 0.25) is 0 Å². The summed E-state index contributed by atoms with van der Waals surface area (Å²) in [6, 6.07) is 10.9. The Labute approximate surface area is 143 Å². The van der Waals surface area contributed by atoms with E-state index < -0.39 is 0 Å². The summed E-state index contributed by atoms with van der Waals surface area (Å²) in [7, 11) is 4.70. The molecule has 0 saturated heterocycles. The molecule has 0 unspecified atom stereocenters. The molecule has 2 aromatic carbocycles. The Morgan fingerprint density at radius 2 is 1.70 bits per heavy atom. The molecular weight excluding hydrogens is 365 g/mol. The Morgan fingerprint density at radius 3 is 2.35 bits per heavy atom. The standard InChI is InChI=1S/C17H19BrFNO3/c1-21-14-8-7-12(16(9-14)22-2)10-20(19)11-13-5-4-6-15(18)17(13)23-3/h4-9H,10-11H2,1-3H3. The van der Waals surface area contributed by atoms with Gasteiger partial charge in [-0.25, -0.2) is 0 Å². The van der Waals surface area contributed by atoms with E-state index in [1.807, 2.05) is 18.2 Å². The second-order valence-corrected chi connectivity index (χ2v) is 5.74. The van der Waals surface area contributed by atoms with E-state index in [4.69, 9.17) is 14.2 Å². The molecule has 0 aliphatic rings. The highest BCUT2D eigenvalue weighted by molar-refractivity contribution is 9.10. The van der Waals surface area contributed by atoms with Crippen LogP contribution in [0, 0.1) is 0 Å². The van der Waals surface area contributed by atoms with Crippen molar-refractivity contribution in [1.29, 1.82) is 0 Å². The van der Waals surface area contributed by atoms with Gasteiger partial charge in [-0.05, 0) is 28.1 Å². The van der Waals surface area contributed by atoms with E-state index in [1.165, 1.54) is 0 Å². The normalized spacial score (nSPS) is 10.7. The minimum Gasteiger partial charge on any atom is -0.497 e. The lowest BCUT2D eigenvalue weighted by Crippen LogP contribution is -2.14. The summed E-state index contributed by atoms with van der Waals surface area (Å²) in [6.45, 7) is 0.209. The summed E-state index contributed by atoms with van der Waals surface area (Å²) < 4.78 is 31.0. The van der Waals surface area contributed by atoms with Crippen molar-refractivity contribution in [3.05, 3.63) is 52.0 Å².